The largest absolute Gasteiger partial charge is 0.299 e. The van der Waals surface area contributed by atoms with Crippen molar-refractivity contribution in [2.45, 2.75) is 64.7 Å². The first-order valence-corrected chi connectivity index (χ1v) is 8.32. The predicted molar refractivity (Wildman–Crippen MR) is 84.7 cm³/mol. The van der Waals surface area contributed by atoms with Gasteiger partial charge in [-0.15, -0.1) is 0 Å². The molecule has 0 N–H and O–H groups in total. The van der Waals surface area contributed by atoms with Gasteiger partial charge in [-0.1, -0.05) is 61.6 Å². The van der Waals surface area contributed by atoms with Crippen LogP contribution in [0, 0.1) is 18.8 Å². The summed E-state index contributed by atoms with van der Waals surface area (Å²) in [7, 11) is 0. The Morgan fingerprint density at radius 3 is 2.05 bits per heavy atom. The van der Waals surface area contributed by atoms with Crippen molar-refractivity contribution in [1.82, 2.24) is 0 Å². The number of ketones is 1. The van der Waals surface area contributed by atoms with Crippen molar-refractivity contribution in [3.05, 3.63) is 35.9 Å². The Morgan fingerprint density at radius 1 is 0.850 bits per heavy atom. The van der Waals surface area contributed by atoms with E-state index in [9.17, 15) is 4.79 Å². The quantitative estimate of drug-likeness (QED) is 0.676. The van der Waals surface area contributed by atoms with Crippen molar-refractivity contribution in [2.75, 3.05) is 0 Å². The van der Waals surface area contributed by atoms with E-state index in [2.05, 4.69) is 19.1 Å². The van der Waals surface area contributed by atoms with Crippen molar-refractivity contribution in [3.8, 4) is 0 Å². The molecule has 2 aliphatic carbocycles. The number of hydrogen-bond acceptors (Lipinski definition) is 1. The number of benzene rings is 1. The zero-order chi connectivity index (χ0) is 14.2. The SMILES string of the molecule is Cc1ccccc1.O=C1CCCCC1C1CCCCC1. The van der Waals surface area contributed by atoms with Gasteiger partial charge in [-0.2, -0.15) is 0 Å². The minimum atomic E-state index is 0.467. The van der Waals surface area contributed by atoms with E-state index in [1.807, 2.05) is 18.2 Å². The van der Waals surface area contributed by atoms with E-state index < -0.39 is 0 Å². The molecule has 1 aromatic carbocycles. The molecule has 0 amide bonds. The highest BCUT2D eigenvalue weighted by Crippen LogP contribution is 2.36. The number of aryl methyl sites for hydroxylation is 1. The molecule has 0 bridgehead atoms. The number of rotatable bonds is 1. The summed E-state index contributed by atoms with van der Waals surface area (Å²) in [5.41, 5.74) is 1.32. The van der Waals surface area contributed by atoms with Crippen LogP contribution in [0.5, 0.6) is 0 Å². The van der Waals surface area contributed by atoms with Crippen LogP contribution in [0.15, 0.2) is 30.3 Å². The second-order valence-corrected chi connectivity index (χ2v) is 6.37. The Balaban J connectivity index is 0.000000178. The Morgan fingerprint density at radius 2 is 1.50 bits per heavy atom. The molecule has 20 heavy (non-hydrogen) atoms. The fraction of sp³-hybridized carbons (Fsp3) is 0.632. The number of carbonyl (C=O) groups excluding carboxylic acids is 1. The molecular weight excluding hydrogens is 244 g/mol. The van der Waals surface area contributed by atoms with Gasteiger partial charge in [0.1, 0.15) is 5.78 Å². The molecule has 1 aromatic rings. The standard InChI is InChI=1S/C12H20O.C7H8/c13-12-9-5-4-8-11(12)10-6-2-1-3-7-10;1-7-5-3-2-4-6-7/h10-11H,1-9H2;2-6H,1H3. The fourth-order valence-corrected chi connectivity index (χ4v) is 3.58. The van der Waals surface area contributed by atoms with E-state index in [4.69, 9.17) is 0 Å². The van der Waals surface area contributed by atoms with Gasteiger partial charge >= 0.3 is 0 Å². The topological polar surface area (TPSA) is 17.1 Å². The monoisotopic (exact) mass is 272 g/mol. The molecule has 1 nitrogen and oxygen atoms in total. The minimum Gasteiger partial charge on any atom is -0.299 e. The molecule has 3 rings (SSSR count). The number of carbonyl (C=O) groups is 1. The second kappa shape index (κ2) is 8.24. The van der Waals surface area contributed by atoms with Crippen molar-refractivity contribution >= 4 is 5.78 Å². The van der Waals surface area contributed by atoms with Gasteiger partial charge in [0.15, 0.2) is 0 Å². The highest BCUT2D eigenvalue weighted by molar-refractivity contribution is 5.81. The van der Waals surface area contributed by atoms with Gasteiger partial charge in [-0.3, -0.25) is 4.79 Å². The number of hydrogen-bond donors (Lipinski definition) is 0. The molecule has 0 aromatic heterocycles. The summed E-state index contributed by atoms with van der Waals surface area (Å²) in [6, 6.07) is 10.3. The zero-order valence-corrected chi connectivity index (χ0v) is 12.8. The lowest BCUT2D eigenvalue weighted by atomic mass is 9.73. The maximum atomic E-state index is 11.7. The highest BCUT2D eigenvalue weighted by Gasteiger charge is 2.30. The van der Waals surface area contributed by atoms with Crippen LogP contribution in [0.1, 0.15) is 63.4 Å². The third kappa shape index (κ3) is 4.77. The smallest absolute Gasteiger partial charge is 0.136 e. The first-order valence-electron chi connectivity index (χ1n) is 8.32. The van der Waals surface area contributed by atoms with Crippen LogP contribution in [-0.4, -0.2) is 5.78 Å². The first kappa shape index (κ1) is 15.3. The van der Waals surface area contributed by atoms with Crippen molar-refractivity contribution in [3.63, 3.8) is 0 Å². The third-order valence-electron chi connectivity index (χ3n) is 4.76. The van der Waals surface area contributed by atoms with E-state index >= 15 is 0 Å². The lowest BCUT2D eigenvalue weighted by Crippen LogP contribution is -2.28. The molecule has 2 aliphatic rings. The first-order chi connectivity index (χ1) is 9.77. The molecule has 1 unspecified atom stereocenters. The third-order valence-corrected chi connectivity index (χ3v) is 4.76. The molecule has 0 radical (unpaired) electrons. The summed E-state index contributed by atoms with van der Waals surface area (Å²) < 4.78 is 0. The number of Topliss-reactive ketones (excluding diaryl/α,β-unsaturated/α-hetero) is 1. The molecule has 1 atom stereocenters. The van der Waals surface area contributed by atoms with Crippen LogP contribution in [0.25, 0.3) is 0 Å². The van der Waals surface area contributed by atoms with E-state index in [1.165, 1.54) is 50.5 Å². The van der Waals surface area contributed by atoms with Crippen LogP contribution < -0.4 is 0 Å². The van der Waals surface area contributed by atoms with Gasteiger partial charge in [0, 0.05) is 12.3 Å². The molecule has 0 aliphatic heterocycles. The summed E-state index contributed by atoms with van der Waals surface area (Å²) in [6.45, 7) is 2.08. The van der Waals surface area contributed by atoms with Crippen LogP contribution in [0.3, 0.4) is 0 Å². The summed E-state index contributed by atoms with van der Waals surface area (Å²) in [5.74, 6) is 1.81. The van der Waals surface area contributed by atoms with Crippen LogP contribution in [-0.2, 0) is 4.79 Å². The molecule has 110 valence electrons. The van der Waals surface area contributed by atoms with Crippen LogP contribution in [0.4, 0.5) is 0 Å². The molecular formula is C19H28O. The summed E-state index contributed by atoms with van der Waals surface area (Å²) in [6.07, 6.45) is 11.3. The maximum Gasteiger partial charge on any atom is 0.136 e. The Bertz CT molecular complexity index is 389. The summed E-state index contributed by atoms with van der Waals surface area (Å²) >= 11 is 0. The Kier molecular flexibility index (Phi) is 6.29. The average Bonchev–Trinajstić information content (AvgIpc) is 2.50. The molecule has 0 saturated heterocycles. The van der Waals surface area contributed by atoms with E-state index in [0.29, 0.717) is 11.7 Å². The van der Waals surface area contributed by atoms with E-state index in [-0.39, 0.29) is 0 Å². The Hall–Kier alpha value is -1.11. The predicted octanol–water partition coefficient (Wildman–Crippen LogP) is 5.32. The fourth-order valence-electron chi connectivity index (χ4n) is 3.58. The second-order valence-electron chi connectivity index (χ2n) is 6.37. The van der Waals surface area contributed by atoms with Gasteiger partial charge in [-0.25, -0.2) is 0 Å². The van der Waals surface area contributed by atoms with Gasteiger partial charge in [0.05, 0.1) is 0 Å². The molecule has 2 fully saturated rings. The van der Waals surface area contributed by atoms with E-state index in [1.54, 1.807) is 0 Å². The summed E-state index contributed by atoms with van der Waals surface area (Å²) in [4.78, 5) is 11.7. The van der Waals surface area contributed by atoms with Gasteiger partial charge in [0.2, 0.25) is 0 Å². The highest BCUT2D eigenvalue weighted by atomic mass is 16.1. The zero-order valence-electron chi connectivity index (χ0n) is 12.8. The normalized spacial score (nSPS) is 23.9. The van der Waals surface area contributed by atoms with E-state index in [0.717, 1.165) is 18.8 Å². The van der Waals surface area contributed by atoms with Crippen molar-refractivity contribution in [1.29, 1.82) is 0 Å². The molecule has 1 heteroatoms. The lowest BCUT2D eigenvalue weighted by molar-refractivity contribution is -0.126. The molecule has 0 heterocycles. The molecule has 0 spiro atoms. The van der Waals surface area contributed by atoms with Gasteiger partial charge < -0.3 is 0 Å². The summed E-state index contributed by atoms with van der Waals surface area (Å²) in [5, 5.41) is 0. The Labute approximate surface area is 123 Å². The molecule has 2 saturated carbocycles. The van der Waals surface area contributed by atoms with Crippen molar-refractivity contribution in [2.24, 2.45) is 11.8 Å². The minimum absolute atomic E-state index is 0.467. The van der Waals surface area contributed by atoms with Crippen LogP contribution >= 0.6 is 0 Å². The van der Waals surface area contributed by atoms with Gasteiger partial charge in [0.25, 0.3) is 0 Å². The van der Waals surface area contributed by atoms with Gasteiger partial charge in [-0.05, 0) is 38.5 Å². The lowest BCUT2D eigenvalue weighted by Gasteiger charge is -2.31. The average molecular weight is 272 g/mol. The van der Waals surface area contributed by atoms with Crippen LogP contribution in [0.2, 0.25) is 0 Å². The maximum absolute atomic E-state index is 11.7. The van der Waals surface area contributed by atoms with Crippen molar-refractivity contribution < 1.29 is 4.79 Å².